The second kappa shape index (κ2) is 5.87. The first-order valence-electron chi connectivity index (χ1n) is 7.25. The Morgan fingerprint density at radius 2 is 1.86 bits per heavy atom. The molecule has 1 aromatic rings. The third-order valence-corrected chi connectivity index (χ3v) is 4.37. The quantitative estimate of drug-likeness (QED) is 0.658. The first-order valence-corrected chi connectivity index (χ1v) is 7.25. The molecular formula is C16H22BNO4. The van der Waals surface area contributed by atoms with Gasteiger partial charge >= 0.3 is 7.12 Å². The molecule has 1 fully saturated rings. The number of phenols is 1. The molecule has 1 aliphatic rings. The van der Waals surface area contributed by atoms with Crippen LogP contribution in [0.5, 0.6) is 5.75 Å². The van der Waals surface area contributed by atoms with Gasteiger partial charge < -0.3 is 20.1 Å². The van der Waals surface area contributed by atoms with Crippen molar-refractivity contribution in [2.75, 3.05) is 6.54 Å². The lowest BCUT2D eigenvalue weighted by Crippen LogP contribution is -2.41. The van der Waals surface area contributed by atoms with Gasteiger partial charge in [-0.3, -0.25) is 4.79 Å². The maximum atomic E-state index is 11.2. The minimum Gasteiger partial charge on any atom is -0.507 e. The fourth-order valence-electron chi connectivity index (χ4n) is 2.24. The fourth-order valence-corrected chi connectivity index (χ4v) is 2.24. The first kappa shape index (κ1) is 16.7. The van der Waals surface area contributed by atoms with E-state index in [-0.39, 0.29) is 17.9 Å². The average molecular weight is 303 g/mol. The van der Waals surface area contributed by atoms with Crippen LogP contribution in [0.15, 0.2) is 23.7 Å². The lowest BCUT2D eigenvalue weighted by atomic mass is 9.77. The second-order valence-corrected chi connectivity index (χ2v) is 6.41. The molecule has 2 rings (SSSR count). The number of aromatic hydroxyl groups is 1. The Kier molecular flexibility index (Phi) is 4.47. The molecule has 22 heavy (non-hydrogen) atoms. The number of carbonyl (C=O) groups excluding carboxylic acids is 1. The summed E-state index contributed by atoms with van der Waals surface area (Å²) in [7, 11) is -0.572. The van der Waals surface area contributed by atoms with Gasteiger partial charge in [0.25, 0.3) is 0 Å². The van der Waals surface area contributed by atoms with Gasteiger partial charge in [-0.25, -0.2) is 0 Å². The molecule has 0 aliphatic carbocycles. The zero-order chi connectivity index (χ0) is 16.5. The van der Waals surface area contributed by atoms with E-state index in [9.17, 15) is 9.90 Å². The molecule has 3 N–H and O–H groups in total. The molecule has 1 saturated heterocycles. The number of rotatable bonds is 4. The Balaban J connectivity index is 2.38. The number of hydrogen-bond acceptors (Lipinski definition) is 5. The van der Waals surface area contributed by atoms with Crippen molar-refractivity contribution < 1.29 is 19.2 Å². The zero-order valence-corrected chi connectivity index (χ0v) is 13.4. The molecule has 0 radical (unpaired) electrons. The normalized spacial score (nSPS) is 20.2. The molecule has 118 valence electrons. The fraction of sp³-hybridized carbons (Fsp3) is 0.438. The highest BCUT2D eigenvalue weighted by Crippen LogP contribution is 2.38. The Hall–Kier alpha value is -1.63. The van der Waals surface area contributed by atoms with E-state index in [0.29, 0.717) is 17.3 Å². The van der Waals surface area contributed by atoms with Crippen molar-refractivity contribution in [2.24, 2.45) is 5.73 Å². The van der Waals surface area contributed by atoms with Crippen LogP contribution >= 0.6 is 0 Å². The van der Waals surface area contributed by atoms with Crippen LogP contribution in [-0.2, 0) is 9.31 Å². The molecule has 0 atom stereocenters. The van der Waals surface area contributed by atoms with E-state index in [1.807, 2.05) is 27.7 Å². The third-order valence-electron chi connectivity index (χ3n) is 4.37. The molecule has 1 aliphatic heterocycles. The maximum absolute atomic E-state index is 11.2. The van der Waals surface area contributed by atoms with Crippen LogP contribution in [0.3, 0.4) is 0 Å². The molecule has 0 aromatic heterocycles. The number of aldehydes is 1. The van der Waals surface area contributed by atoms with Crippen LogP contribution in [0.25, 0.3) is 6.08 Å². The summed E-state index contributed by atoms with van der Waals surface area (Å²) in [5, 5.41) is 9.75. The molecule has 5 nitrogen and oxygen atoms in total. The first-order chi connectivity index (χ1) is 10.2. The van der Waals surface area contributed by atoms with Gasteiger partial charge in [0, 0.05) is 6.54 Å². The highest BCUT2D eigenvalue weighted by Gasteiger charge is 2.52. The van der Waals surface area contributed by atoms with Crippen LogP contribution < -0.4 is 5.73 Å². The minimum atomic E-state index is -0.572. The van der Waals surface area contributed by atoms with E-state index < -0.39 is 18.3 Å². The number of nitrogens with two attached hydrogens (primary N) is 1. The highest BCUT2D eigenvalue weighted by atomic mass is 16.7. The van der Waals surface area contributed by atoms with Gasteiger partial charge in [-0.2, -0.15) is 0 Å². The Morgan fingerprint density at radius 1 is 1.27 bits per heavy atom. The average Bonchev–Trinajstić information content (AvgIpc) is 2.64. The second-order valence-electron chi connectivity index (χ2n) is 6.41. The summed E-state index contributed by atoms with van der Waals surface area (Å²) in [6.07, 6.45) is 2.37. The summed E-state index contributed by atoms with van der Waals surface area (Å²) in [4.78, 5) is 11.2. The van der Waals surface area contributed by atoms with Crippen molar-refractivity contribution in [2.45, 2.75) is 38.9 Å². The van der Waals surface area contributed by atoms with E-state index >= 15 is 0 Å². The minimum absolute atomic E-state index is 0.0611. The van der Waals surface area contributed by atoms with Gasteiger partial charge in [0.15, 0.2) is 6.29 Å². The van der Waals surface area contributed by atoms with E-state index in [1.165, 1.54) is 6.07 Å². The summed E-state index contributed by atoms with van der Waals surface area (Å²) in [5.41, 5.74) is 6.44. The smallest absolute Gasteiger partial charge is 0.491 e. The highest BCUT2D eigenvalue weighted by molar-refractivity contribution is 6.56. The number of hydrogen-bond donors (Lipinski definition) is 2. The lowest BCUT2D eigenvalue weighted by Gasteiger charge is -2.32. The molecule has 0 saturated carbocycles. The predicted octanol–water partition coefficient (Wildman–Crippen LogP) is 2.18. The molecule has 1 heterocycles. The number of phenolic OH excluding ortho intramolecular Hbond substituents is 1. The standard InChI is InChI=1S/C16H22BNO4/c1-15(2)16(3,4)22-17(21-15)12(9-18)8-11-6-5-7-14(20)13(11)10-19/h5-8,10,20H,9,18H2,1-4H3. The Labute approximate surface area is 131 Å². The van der Waals surface area contributed by atoms with Crippen molar-refractivity contribution >= 4 is 19.5 Å². The number of benzene rings is 1. The predicted molar refractivity (Wildman–Crippen MR) is 86.6 cm³/mol. The zero-order valence-electron chi connectivity index (χ0n) is 13.4. The maximum Gasteiger partial charge on any atom is 0.491 e. The molecular weight excluding hydrogens is 281 g/mol. The topological polar surface area (TPSA) is 81.8 Å². The summed E-state index contributed by atoms with van der Waals surface area (Å²) in [5.74, 6) is -0.0611. The van der Waals surface area contributed by atoms with Gasteiger partial charge in [-0.05, 0) is 44.8 Å². The van der Waals surface area contributed by atoms with Crippen LogP contribution in [0.4, 0.5) is 0 Å². The van der Waals surface area contributed by atoms with Gasteiger partial charge in [-0.1, -0.05) is 18.2 Å². The van der Waals surface area contributed by atoms with E-state index in [1.54, 1.807) is 18.2 Å². The van der Waals surface area contributed by atoms with Crippen molar-refractivity contribution in [3.8, 4) is 5.75 Å². The Morgan fingerprint density at radius 3 is 2.36 bits per heavy atom. The molecule has 0 unspecified atom stereocenters. The monoisotopic (exact) mass is 303 g/mol. The molecule has 0 amide bonds. The van der Waals surface area contributed by atoms with Gasteiger partial charge in [0.1, 0.15) is 5.75 Å². The molecule has 0 spiro atoms. The van der Waals surface area contributed by atoms with Gasteiger partial charge in [0.05, 0.1) is 16.8 Å². The summed E-state index contributed by atoms with van der Waals surface area (Å²) < 4.78 is 11.9. The SMILES string of the molecule is CC1(C)OB(C(=Cc2cccc(O)c2C=O)CN)OC1(C)C. The summed E-state index contributed by atoms with van der Waals surface area (Å²) >= 11 is 0. The van der Waals surface area contributed by atoms with Gasteiger partial charge in [-0.15, -0.1) is 0 Å². The molecule has 6 heteroatoms. The largest absolute Gasteiger partial charge is 0.507 e. The van der Waals surface area contributed by atoms with E-state index in [4.69, 9.17) is 15.0 Å². The van der Waals surface area contributed by atoms with Crippen molar-refractivity contribution in [3.63, 3.8) is 0 Å². The molecule has 0 bridgehead atoms. The van der Waals surface area contributed by atoms with Crippen molar-refractivity contribution in [1.82, 2.24) is 0 Å². The summed E-state index contributed by atoms with van der Waals surface area (Å²) in [6.45, 7) is 8.09. The van der Waals surface area contributed by atoms with Crippen molar-refractivity contribution in [1.29, 1.82) is 0 Å². The summed E-state index contributed by atoms with van der Waals surface area (Å²) in [6, 6.07) is 4.88. The third kappa shape index (κ3) is 2.95. The van der Waals surface area contributed by atoms with Crippen LogP contribution in [0.2, 0.25) is 0 Å². The van der Waals surface area contributed by atoms with Crippen LogP contribution in [0.1, 0.15) is 43.6 Å². The van der Waals surface area contributed by atoms with Crippen LogP contribution in [0, 0.1) is 0 Å². The van der Waals surface area contributed by atoms with Gasteiger partial charge in [0.2, 0.25) is 0 Å². The lowest BCUT2D eigenvalue weighted by molar-refractivity contribution is 0.00578. The van der Waals surface area contributed by atoms with Crippen molar-refractivity contribution in [3.05, 3.63) is 34.8 Å². The van der Waals surface area contributed by atoms with E-state index in [2.05, 4.69) is 0 Å². The van der Waals surface area contributed by atoms with Crippen LogP contribution in [-0.4, -0.2) is 36.3 Å². The van der Waals surface area contributed by atoms with E-state index in [0.717, 1.165) is 0 Å². The Bertz CT molecular complexity index is 594. The molecule has 1 aromatic carbocycles. The number of carbonyl (C=O) groups is 1.